The number of fused-ring (bicyclic) bond motifs is 1. The number of likely N-dealkylation sites (tertiary alicyclic amines) is 1. The van der Waals surface area contributed by atoms with E-state index in [4.69, 9.17) is 4.74 Å². The number of aromatic nitrogens is 1. The van der Waals surface area contributed by atoms with Crippen LogP contribution >= 0.6 is 0 Å². The Balaban J connectivity index is 1.34. The Hall–Kier alpha value is -1.94. The highest BCUT2D eigenvalue weighted by Crippen LogP contribution is 2.27. The molecule has 27 heavy (non-hydrogen) atoms. The van der Waals surface area contributed by atoms with E-state index in [-0.39, 0.29) is 0 Å². The zero-order valence-electron chi connectivity index (χ0n) is 16.1. The molecule has 2 fully saturated rings. The Labute approximate surface area is 161 Å². The fourth-order valence-corrected chi connectivity index (χ4v) is 4.60. The van der Waals surface area contributed by atoms with Crippen LogP contribution in [0.3, 0.4) is 0 Å². The van der Waals surface area contributed by atoms with E-state index in [0.29, 0.717) is 24.2 Å². The summed E-state index contributed by atoms with van der Waals surface area (Å²) in [6, 6.07) is 8.51. The molecule has 144 valence electrons. The minimum atomic E-state index is 0.356. The summed E-state index contributed by atoms with van der Waals surface area (Å²) < 4.78 is 5.42. The van der Waals surface area contributed by atoms with Gasteiger partial charge in [0.15, 0.2) is 0 Å². The molecule has 2 aromatic rings. The highest BCUT2D eigenvalue weighted by molar-refractivity contribution is 5.84. The number of hydrogen-bond donors (Lipinski definition) is 0. The molecule has 0 spiro atoms. The van der Waals surface area contributed by atoms with Crippen LogP contribution in [0.15, 0.2) is 36.7 Å². The number of ether oxygens (including phenoxy) is 1. The minimum absolute atomic E-state index is 0.356. The maximum Gasteiger partial charge on any atom is 0.222 e. The summed E-state index contributed by atoms with van der Waals surface area (Å²) in [5.74, 6) is 1.51. The van der Waals surface area contributed by atoms with Gasteiger partial charge in [-0.25, -0.2) is 0 Å². The maximum absolute atomic E-state index is 12.7. The number of carbonyl (C=O) groups excluding carboxylic acids is 1. The van der Waals surface area contributed by atoms with Gasteiger partial charge in [-0.15, -0.1) is 0 Å². The predicted molar refractivity (Wildman–Crippen MR) is 108 cm³/mol. The van der Waals surface area contributed by atoms with Crippen LogP contribution in [0.5, 0.6) is 0 Å². The van der Waals surface area contributed by atoms with Gasteiger partial charge in [-0.05, 0) is 61.3 Å². The Morgan fingerprint density at radius 3 is 2.78 bits per heavy atom. The molecule has 0 N–H and O–H groups in total. The summed E-state index contributed by atoms with van der Waals surface area (Å²) in [6.07, 6.45) is 11.2. The Bertz CT molecular complexity index is 765. The molecule has 2 saturated heterocycles. The molecule has 0 saturated carbocycles. The van der Waals surface area contributed by atoms with Crippen molar-refractivity contribution >= 4 is 16.7 Å². The van der Waals surface area contributed by atoms with Gasteiger partial charge >= 0.3 is 0 Å². The smallest absolute Gasteiger partial charge is 0.222 e. The van der Waals surface area contributed by atoms with Gasteiger partial charge in [-0.1, -0.05) is 24.3 Å². The molecule has 0 unspecified atom stereocenters. The molecular formula is C23H30N2O2. The molecular weight excluding hydrogens is 336 g/mol. The van der Waals surface area contributed by atoms with Crippen molar-refractivity contribution in [2.24, 2.45) is 11.8 Å². The van der Waals surface area contributed by atoms with E-state index in [9.17, 15) is 4.79 Å². The Morgan fingerprint density at radius 2 is 1.89 bits per heavy atom. The van der Waals surface area contributed by atoms with E-state index >= 15 is 0 Å². The van der Waals surface area contributed by atoms with Crippen LogP contribution in [0.2, 0.25) is 0 Å². The molecule has 4 rings (SSSR count). The van der Waals surface area contributed by atoms with Crippen molar-refractivity contribution in [2.75, 3.05) is 26.3 Å². The number of amides is 1. The van der Waals surface area contributed by atoms with Crippen LogP contribution in [-0.2, 0) is 16.0 Å². The molecule has 1 aromatic carbocycles. The first-order valence-electron chi connectivity index (χ1n) is 10.5. The van der Waals surface area contributed by atoms with Crippen molar-refractivity contribution in [1.29, 1.82) is 0 Å². The molecule has 1 aromatic heterocycles. The van der Waals surface area contributed by atoms with Crippen molar-refractivity contribution < 1.29 is 9.53 Å². The lowest BCUT2D eigenvalue weighted by Gasteiger charge is -2.26. The average Bonchev–Trinajstić information content (AvgIpc) is 2.95. The lowest BCUT2D eigenvalue weighted by atomic mass is 9.91. The van der Waals surface area contributed by atoms with Crippen LogP contribution in [0.4, 0.5) is 0 Å². The number of nitrogens with zero attached hydrogens (tertiary/aromatic N) is 2. The van der Waals surface area contributed by atoms with Gasteiger partial charge in [0.1, 0.15) is 0 Å². The second-order valence-electron chi connectivity index (χ2n) is 8.16. The first-order valence-corrected chi connectivity index (χ1v) is 10.5. The average molecular weight is 367 g/mol. The van der Waals surface area contributed by atoms with Crippen molar-refractivity contribution in [3.8, 4) is 0 Å². The van der Waals surface area contributed by atoms with Gasteiger partial charge < -0.3 is 9.64 Å². The molecule has 0 bridgehead atoms. The number of pyridine rings is 1. The standard InChI is InChI=1S/C23H30N2O2/c26-23(15-19-8-12-27-13-9-19)25-10-3-4-18(7-11-25)14-21-17-24-16-20-5-1-2-6-22(20)21/h1-2,5-6,16-19H,3-4,7-15H2/t18-/m1/s1. The largest absolute Gasteiger partial charge is 0.381 e. The molecule has 4 nitrogen and oxygen atoms in total. The second kappa shape index (κ2) is 8.83. The Morgan fingerprint density at radius 1 is 1.04 bits per heavy atom. The molecule has 1 atom stereocenters. The van der Waals surface area contributed by atoms with E-state index < -0.39 is 0 Å². The number of rotatable bonds is 4. The van der Waals surface area contributed by atoms with E-state index in [1.54, 1.807) is 0 Å². The van der Waals surface area contributed by atoms with E-state index in [0.717, 1.165) is 58.4 Å². The maximum atomic E-state index is 12.7. The van der Waals surface area contributed by atoms with Crippen LogP contribution in [0.25, 0.3) is 10.8 Å². The van der Waals surface area contributed by atoms with Crippen LogP contribution in [0.1, 0.15) is 44.1 Å². The summed E-state index contributed by atoms with van der Waals surface area (Å²) in [5.41, 5.74) is 1.35. The van der Waals surface area contributed by atoms with Crippen LogP contribution in [0, 0.1) is 11.8 Å². The lowest BCUT2D eigenvalue weighted by Crippen LogP contribution is -2.34. The zero-order chi connectivity index (χ0) is 18.5. The zero-order valence-corrected chi connectivity index (χ0v) is 16.1. The molecule has 2 aliphatic rings. The first-order chi connectivity index (χ1) is 13.3. The summed E-state index contributed by atoms with van der Waals surface area (Å²) >= 11 is 0. The fourth-order valence-electron chi connectivity index (χ4n) is 4.60. The third kappa shape index (κ3) is 4.67. The summed E-state index contributed by atoms with van der Waals surface area (Å²) in [6.45, 7) is 3.47. The number of benzene rings is 1. The molecule has 0 radical (unpaired) electrons. The summed E-state index contributed by atoms with van der Waals surface area (Å²) in [7, 11) is 0. The molecule has 2 aliphatic heterocycles. The summed E-state index contributed by atoms with van der Waals surface area (Å²) in [4.78, 5) is 19.3. The first kappa shape index (κ1) is 18.4. The Kier molecular flexibility index (Phi) is 6.03. The monoisotopic (exact) mass is 366 g/mol. The number of hydrogen-bond acceptors (Lipinski definition) is 3. The van der Waals surface area contributed by atoms with E-state index in [2.05, 4.69) is 34.1 Å². The van der Waals surface area contributed by atoms with Gasteiger partial charge in [0.2, 0.25) is 5.91 Å². The summed E-state index contributed by atoms with van der Waals surface area (Å²) in [5, 5.41) is 2.54. The van der Waals surface area contributed by atoms with E-state index in [1.165, 1.54) is 22.8 Å². The second-order valence-corrected chi connectivity index (χ2v) is 8.16. The molecule has 4 heteroatoms. The highest BCUT2D eigenvalue weighted by Gasteiger charge is 2.24. The third-order valence-corrected chi connectivity index (χ3v) is 6.26. The van der Waals surface area contributed by atoms with Gasteiger partial charge in [0, 0.05) is 50.5 Å². The van der Waals surface area contributed by atoms with Gasteiger partial charge in [0.25, 0.3) is 0 Å². The molecule has 3 heterocycles. The number of carbonyl (C=O) groups is 1. The van der Waals surface area contributed by atoms with Gasteiger partial charge in [-0.2, -0.15) is 0 Å². The van der Waals surface area contributed by atoms with Gasteiger partial charge in [0.05, 0.1) is 0 Å². The van der Waals surface area contributed by atoms with Crippen molar-refractivity contribution in [1.82, 2.24) is 9.88 Å². The lowest BCUT2D eigenvalue weighted by molar-refractivity contribution is -0.132. The molecule has 1 amide bonds. The van der Waals surface area contributed by atoms with Crippen molar-refractivity contribution in [3.05, 3.63) is 42.2 Å². The van der Waals surface area contributed by atoms with Crippen LogP contribution < -0.4 is 0 Å². The predicted octanol–water partition coefficient (Wildman–Crippen LogP) is 4.22. The fraction of sp³-hybridized carbons (Fsp3) is 0.565. The highest BCUT2D eigenvalue weighted by atomic mass is 16.5. The van der Waals surface area contributed by atoms with Crippen molar-refractivity contribution in [2.45, 2.75) is 44.9 Å². The van der Waals surface area contributed by atoms with Crippen molar-refractivity contribution in [3.63, 3.8) is 0 Å². The third-order valence-electron chi connectivity index (χ3n) is 6.26. The topological polar surface area (TPSA) is 42.4 Å². The van der Waals surface area contributed by atoms with Gasteiger partial charge in [-0.3, -0.25) is 9.78 Å². The molecule has 0 aliphatic carbocycles. The minimum Gasteiger partial charge on any atom is -0.381 e. The normalized spacial score (nSPS) is 21.9. The quantitative estimate of drug-likeness (QED) is 0.813. The van der Waals surface area contributed by atoms with Crippen LogP contribution in [-0.4, -0.2) is 42.1 Å². The van der Waals surface area contributed by atoms with E-state index in [1.807, 2.05) is 12.4 Å². The SMILES string of the molecule is O=C(CC1CCOCC1)N1CCC[C@@H](Cc2cncc3ccccc23)CC1.